The number of nitrogens with one attached hydrogen (secondary N) is 2. The molecule has 0 aliphatic carbocycles. The molecule has 0 saturated heterocycles. The lowest BCUT2D eigenvalue weighted by atomic mass is 9.95. The van der Waals surface area contributed by atoms with E-state index in [1.54, 1.807) is 24.3 Å². The first-order chi connectivity index (χ1) is 9.61. The van der Waals surface area contributed by atoms with Crippen molar-refractivity contribution in [1.82, 2.24) is 0 Å². The zero-order valence-electron chi connectivity index (χ0n) is 13.4. The van der Waals surface area contributed by atoms with Crippen LogP contribution in [0.4, 0.5) is 11.4 Å². The second kappa shape index (κ2) is 6.72. The monoisotopic (exact) mass is 291 g/mol. The zero-order chi connectivity index (χ0) is 16.2. The van der Waals surface area contributed by atoms with Gasteiger partial charge in [-0.25, -0.2) is 0 Å². The average molecular weight is 291 g/mol. The number of anilines is 2. The van der Waals surface area contributed by atoms with Crippen LogP contribution in [0.25, 0.3) is 0 Å². The minimum absolute atomic E-state index is 0.0545. The third-order valence-corrected chi connectivity index (χ3v) is 3.11. The summed E-state index contributed by atoms with van der Waals surface area (Å²) in [6, 6.07) is 6.44. The molecule has 1 atom stereocenters. The summed E-state index contributed by atoms with van der Waals surface area (Å²) in [4.78, 5) is 23.7. The topological polar surface area (TPSA) is 84.2 Å². The van der Waals surface area contributed by atoms with Crippen LogP contribution in [0.5, 0.6) is 0 Å². The maximum Gasteiger partial charge on any atom is 0.241 e. The number of nitrogens with two attached hydrogens (primary N) is 1. The van der Waals surface area contributed by atoms with Gasteiger partial charge in [0.25, 0.3) is 0 Å². The van der Waals surface area contributed by atoms with Crippen molar-refractivity contribution in [1.29, 1.82) is 0 Å². The highest BCUT2D eigenvalue weighted by Gasteiger charge is 2.21. The van der Waals surface area contributed by atoms with E-state index in [4.69, 9.17) is 5.73 Å². The molecule has 0 aromatic heterocycles. The van der Waals surface area contributed by atoms with Crippen LogP contribution in [-0.2, 0) is 9.59 Å². The van der Waals surface area contributed by atoms with Crippen molar-refractivity contribution in [3.63, 3.8) is 0 Å². The van der Waals surface area contributed by atoms with Gasteiger partial charge in [0.05, 0.1) is 6.04 Å². The van der Waals surface area contributed by atoms with E-state index in [9.17, 15) is 9.59 Å². The molecule has 21 heavy (non-hydrogen) atoms. The second-order valence-electron chi connectivity index (χ2n) is 6.54. The highest BCUT2D eigenvalue weighted by atomic mass is 16.2. The van der Waals surface area contributed by atoms with Gasteiger partial charge in [-0.1, -0.05) is 34.6 Å². The highest BCUT2D eigenvalue weighted by molar-refractivity contribution is 5.96. The molecule has 0 heterocycles. The maximum absolute atomic E-state index is 11.9. The van der Waals surface area contributed by atoms with E-state index < -0.39 is 11.5 Å². The summed E-state index contributed by atoms with van der Waals surface area (Å²) in [5, 5.41) is 5.58. The second-order valence-corrected chi connectivity index (χ2v) is 6.54. The molecule has 116 valence electrons. The van der Waals surface area contributed by atoms with Crippen molar-refractivity contribution in [2.24, 2.45) is 17.1 Å². The molecule has 4 N–H and O–H groups in total. The summed E-state index contributed by atoms with van der Waals surface area (Å²) >= 11 is 0. The fourth-order valence-corrected chi connectivity index (χ4v) is 1.48. The van der Waals surface area contributed by atoms with Crippen LogP contribution < -0.4 is 16.4 Å². The molecule has 0 bridgehead atoms. The molecule has 0 saturated carbocycles. The normalized spacial score (nSPS) is 12.9. The van der Waals surface area contributed by atoms with Gasteiger partial charge < -0.3 is 16.4 Å². The third kappa shape index (κ3) is 5.19. The molecule has 0 aliphatic rings. The van der Waals surface area contributed by atoms with Gasteiger partial charge in [-0.15, -0.1) is 0 Å². The lowest BCUT2D eigenvalue weighted by Crippen LogP contribution is -2.39. The summed E-state index contributed by atoms with van der Waals surface area (Å²) in [7, 11) is 0. The van der Waals surface area contributed by atoms with Gasteiger partial charge in [-0.05, 0) is 30.2 Å². The smallest absolute Gasteiger partial charge is 0.241 e. The van der Waals surface area contributed by atoms with Crippen molar-refractivity contribution in [3.05, 3.63) is 24.3 Å². The van der Waals surface area contributed by atoms with Gasteiger partial charge >= 0.3 is 0 Å². The molecule has 1 aromatic carbocycles. The molecule has 5 heteroatoms. The van der Waals surface area contributed by atoms with E-state index in [1.807, 2.05) is 34.6 Å². The van der Waals surface area contributed by atoms with Crippen LogP contribution in [0.1, 0.15) is 34.6 Å². The van der Waals surface area contributed by atoms with E-state index in [1.165, 1.54) is 0 Å². The predicted octanol–water partition coefficient (Wildman–Crippen LogP) is 2.59. The first-order valence-electron chi connectivity index (χ1n) is 7.09. The Labute approximate surface area is 126 Å². The number of benzene rings is 1. The first kappa shape index (κ1) is 17.2. The summed E-state index contributed by atoms with van der Waals surface area (Å²) in [6.45, 7) is 9.35. The highest BCUT2D eigenvalue weighted by Crippen LogP contribution is 2.19. The van der Waals surface area contributed by atoms with Gasteiger partial charge in [-0.2, -0.15) is 0 Å². The Balaban J connectivity index is 2.67. The van der Waals surface area contributed by atoms with E-state index in [-0.39, 0.29) is 17.7 Å². The Morgan fingerprint density at radius 2 is 1.43 bits per heavy atom. The first-order valence-corrected chi connectivity index (χ1v) is 7.09. The zero-order valence-corrected chi connectivity index (χ0v) is 13.4. The van der Waals surface area contributed by atoms with E-state index in [2.05, 4.69) is 10.6 Å². The summed E-state index contributed by atoms with van der Waals surface area (Å²) < 4.78 is 0. The van der Waals surface area contributed by atoms with Crippen molar-refractivity contribution < 1.29 is 9.59 Å². The number of hydrogen-bond donors (Lipinski definition) is 3. The van der Waals surface area contributed by atoms with Crippen LogP contribution in [-0.4, -0.2) is 17.9 Å². The quantitative estimate of drug-likeness (QED) is 0.797. The Morgan fingerprint density at radius 1 is 1.00 bits per heavy atom. The molecule has 0 aliphatic heterocycles. The van der Waals surface area contributed by atoms with E-state index >= 15 is 0 Å². The number of rotatable bonds is 4. The van der Waals surface area contributed by atoms with Crippen LogP contribution in [0.2, 0.25) is 0 Å². The molecule has 0 spiro atoms. The Morgan fingerprint density at radius 3 is 1.81 bits per heavy atom. The molecule has 2 amide bonds. The van der Waals surface area contributed by atoms with Gasteiger partial charge in [0, 0.05) is 16.8 Å². The van der Waals surface area contributed by atoms with Crippen LogP contribution in [0.3, 0.4) is 0 Å². The fraction of sp³-hybridized carbons (Fsp3) is 0.500. The molecule has 0 fully saturated rings. The Kier molecular flexibility index (Phi) is 5.49. The van der Waals surface area contributed by atoms with Gasteiger partial charge in [-0.3, -0.25) is 9.59 Å². The molecule has 1 rings (SSSR count). The van der Waals surface area contributed by atoms with Crippen molar-refractivity contribution in [2.75, 3.05) is 10.6 Å². The number of hydrogen-bond acceptors (Lipinski definition) is 3. The van der Waals surface area contributed by atoms with Crippen molar-refractivity contribution in [3.8, 4) is 0 Å². The SMILES string of the molecule is CC(C)C(N)C(=O)Nc1ccc(NC(=O)C(C)(C)C)cc1. The van der Waals surface area contributed by atoms with E-state index in [0.717, 1.165) is 0 Å². The minimum atomic E-state index is -0.537. The van der Waals surface area contributed by atoms with Crippen LogP contribution >= 0.6 is 0 Å². The molecule has 0 radical (unpaired) electrons. The summed E-state index contributed by atoms with van der Waals surface area (Å²) in [5.41, 5.74) is 6.69. The number of carbonyl (C=O) groups is 2. The number of carbonyl (C=O) groups excluding carboxylic acids is 2. The molecule has 5 nitrogen and oxygen atoms in total. The lowest BCUT2D eigenvalue weighted by Gasteiger charge is -2.18. The van der Waals surface area contributed by atoms with Gasteiger partial charge in [0.2, 0.25) is 11.8 Å². The van der Waals surface area contributed by atoms with Crippen LogP contribution in [0.15, 0.2) is 24.3 Å². The molecular weight excluding hydrogens is 266 g/mol. The summed E-state index contributed by atoms with van der Waals surface area (Å²) in [6.07, 6.45) is 0. The molecular formula is C16H25N3O2. The standard InChI is InChI=1S/C16H25N3O2/c1-10(2)13(17)14(20)18-11-6-8-12(9-7-11)19-15(21)16(3,4)5/h6-10,13H,17H2,1-5H3,(H,18,20)(H,19,21). The molecule has 1 aromatic rings. The minimum Gasteiger partial charge on any atom is -0.326 e. The van der Waals surface area contributed by atoms with Gasteiger partial charge in [0.1, 0.15) is 0 Å². The third-order valence-electron chi connectivity index (χ3n) is 3.11. The van der Waals surface area contributed by atoms with E-state index in [0.29, 0.717) is 11.4 Å². The Bertz CT molecular complexity index is 501. The van der Waals surface area contributed by atoms with Crippen molar-refractivity contribution >= 4 is 23.2 Å². The Hall–Kier alpha value is -1.88. The van der Waals surface area contributed by atoms with Crippen LogP contribution in [0, 0.1) is 11.3 Å². The lowest BCUT2D eigenvalue weighted by molar-refractivity contribution is -0.123. The largest absolute Gasteiger partial charge is 0.326 e. The fourth-order valence-electron chi connectivity index (χ4n) is 1.48. The summed E-state index contributed by atoms with van der Waals surface area (Å²) in [5.74, 6) is -0.187. The predicted molar refractivity (Wildman–Crippen MR) is 86.0 cm³/mol. The average Bonchev–Trinajstić information content (AvgIpc) is 2.38. The number of amides is 2. The molecule has 1 unspecified atom stereocenters. The maximum atomic E-state index is 11.9. The van der Waals surface area contributed by atoms with Crippen molar-refractivity contribution in [2.45, 2.75) is 40.7 Å². The van der Waals surface area contributed by atoms with Gasteiger partial charge in [0.15, 0.2) is 0 Å².